The lowest BCUT2D eigenvalue weighted by Gasteiger charge is -2.14. The molecule has 0 spiro atoms. The van der Waals surface area contributed by atoms with E-state index in [-0.39, 0.29) is 17.5 Å². The van der Waals surface area contributed by atoms with E-state index in [1.807, 2.05) is 30.3 Å². The molecule has 0 radical (unpaired) electrons. The summed E-state index contributed by atoms with van der Waals surface area (Å²) < 4.78 is 27.4. The van der Waals surface area contributed by atoms with Crippen LogP contribution >= 0.6 is 0 Å². The van der Waals surface area contributed by atoms with Gasteiger partial charge in [0.1, 0.15) is 11.6 Å². The van der Waals surface area contributed by atoms with Gasteiger partial charge in [-0.15, -0.1) is 0 Å². The summed E-state index contributed by atoms with van der Waals surface area (Å²) in [6, 6.07) is 19.6. The minimum Gasteiger partial charge on any atom is -0.326 e. The Bertz CT molecular complexity index is 876. The van der Waals surface area contributed by atoms with E-state index in [1.54, 1.807) is 19.1 Å². The first kappa shape index (κ1) is 16.8. The first-order chi connectivity index (χ1) is 12.0. The topological polar surface area (TPSA) is 29.1 Å². The van der Waals surface area contributed by atoms with E-state index in [1.165, 1.54) is 30.3 Å². The number of hydrogen-bond donors (Lipinski definition) is 1. The van der Waals surface area contributed by atoms with Gasteiger partial charge < -0.3 is 5.32 Å². The highest BCUT2D eigenvalue weighted by molar-refractivity contribution is 5.95. The molecule has 0 aliphatic rings. The lowest BCUT2D eigenvalue weighted by Crippen LogP contribution is -2.19. The zero-order valence-corrected chi connectivity index (χ0v) is 13.7. The molecule has 0 saturated carbocycles. The van der Waals surface area contributed by atoms with E-state index >= 15 is 0 Å². The number of hydrogen-bond acceptors (Lipinski definition) is 1. The summed E-state index contributed by atoms with van der Waals surface area (Å²) in [5.74, 6) is -1.56. The highest BCUT2D eigenvalue weighted by atomic mass is 19.1. The van der Waals surface area contributed by atoms with Gasteiger partial charge in [-0.1, -0.05) is 42.5 Å². The molecule has 3 aromatic carbocycles. The van der Waals surface area contributed by atoms with Gasteiger partial charge in [-0.3, -0.25) is 4.79 Å². The highest BCUT2D eigenvalue weighted by Crippen LogP contribution is 2.26. The first-order valence-corrected chi connectivity index (χ1v) is 7.96. The quantitative estimate of drug-likeness (QED) is 0.681. The predicted octanol–water partition coefficient (Wildman–Crippen LogP) is 5.37. The fraction of sp³-hybridized carbons (Fsp3) is 0.0952. The van der Waals surface area contributed by atoms with Crippen molar-refractivity contribution in [1.82, 2.24) is 0 Å². The molecule has 1 unspecified atom stereocenters. The molecule has 1 N–H and O–H groups in total. The lowest BCUT2D eigenvalue weighted by atomic mass is 9.96. The Kier molecular flexibility index (Phi) is 4.89. The van der Waals surface area contributed by atoms with Crippen molar-refractivity contribution < 1.29 is 13.6 Å². The molecule has 25 heavy (non-hydrogen) atoms. The SMILES string of the molecule is CC(C(=O)Nc1ccc(F)cc1)c1ccc(-c2ccccc2)c(F)c1. The van der Waals surface area contributed by atoms with Crippen LogP contribution in [0.1, 0.15) is 18.4 Å². The minimum absolute atomic E-state index is 0.279. The van der Waals surface area contributed by atoms with Crippen molar-refractivity contribution in [3.63, 3.8) is 0 Å². The van der Waals surface area contributed by atoms with Gasteiger partial charge in [0.25, 0.3) is 0 Å². The second-order valence-electron chi connectivity index (χ2n) is 5.82. The summed E-state index contributed by atoms with van der Waals surface area (Å²) in [5.41, 5.74) is 2.36. The number of nitrogens with one attached hydrogen (secondary N) is 1. The maximum Gasteiger partial charge on any atom is 0.231 e. The average molecular weight is 337 g/mol. The van der Waals surface area contributed by atoms with Gasteiger partial charge in [-0.2, -0.15) is 0 Å². The standard InChI is InChI=1S/C21H17F2NO/c1-14(21(25)24-18-10-8-17(22)9-11-18)16-7-12-19(20(23)13-16)15-5-3-2-4-6-15/h2-14H,1H3,(H,24,25). The summed E-state index contributed by atoms with van der Waals surface area (Å²) in [4.78, 5) is 12.3. The van der Waals surface area contributed by atoms with Gasteiger partial charge in [-0.25, -0.2) is 8.78 Å². The molecule has 0 heterocycles. The third-order valence-corrected chi connectivity index (χ3v) is 4.08. The first-order valence-electron chi connectivity index (χ1n) is 7.96. The summed E-state index contributed by atoms with van der Waals surface area (Å²) in [6.45, 7) is 1.70. The van der Waals surface area contributed by atoms with Crippen LogP contribution in [0, 0.1) is 11.6 Å². The van der Waals surface area contributed by atoms with E-state index in [0.717, 1.165) is 5.56 Å². The molecule has 1 amide bonds. The van der Waals surface area contributed by atoms with Crippen molar-refractivity contribution in [3.05, 3.63) is 90.0 Å². The number of anilines is 1. The van der Waals surface area contributed by atoms with Gasteiger partial charge in [0, 0.05) is 11.3 Å². The molecular formula is C21H17F2NO. The van der Waals surface area contributed by atoms with E-state index in [4.69, 9.17) is 0 Å². The molecule has 0 aromatic heterocycles. The maximum absolute atomic E-state index is 14.5. The van der Waals surface area contributed by atoms with Crippen LogP contribution in [0.25, 0.3) is 11.1 Å². The zero-order valence-electron chi connectivity index (χ0n) is 13.7. The monoisotopic (exact) mass is 337 g/mol. The van der Waals surface area contributed by atoms with Crippen molar-refractivity contribution in [2.45, 2.75) is 12.8 Å². The predicted molar refractivity (Wildman–Crippen MR) is 95.3 cm³/mol. The van der Waals surface area contributed by atoms with Crippen LogP contribution in [0.5, 0.6) is 0 Å². The second kappa shape index (κ2) is 7.26. The van der Waals surface area contributed by atoms with E-state index in [9.17, 15) is 13.6 Å². The molecule has 3 aromatic rings. The van der Waals surface area contributed by atoms with Crippen LogP contribution in [0.3, 0.4) is 0 Å². The molecule has 0 aliphatic heterocycles. The molecule has 2 nitrogen and oxygen atoms in total. The van der Waals surface area contributed by atoms with Gasteiger partial charge >= 0.3 is 0 Å². The number of rotatable bonds is 4. The summed E-state index contributed by atoms with van der Waals surface area (Å²) >= 11 is 0. The Morgan fingerprint density at radius 1 is 0.920 bits per heavy atom. The number of carbonyl (C=O) groups is 1. The van der Waals surface area contributed by atoms with Crippen LogP contribution in [0.4, 0.5) is 14.5 Å². The Morgan fingerprint density at radius 2 is 1.60 bits per heavy atom. The Balaban J connectivity index is 1.78. The summed E-state index contributed by atoms with van der Waals surface area (Å²) in [7, 11) is 0. The Labute approximate surface area is 145 Å². The number of carbonyl (C=O) groups excluding carboxylic acids is 1. The fourth-order valence-corrected chi connectivity index (χ4v) is 2.59. The molecule has 0 fully saturated rings. The van der Waals surface area contributed by atoms with Crippen molar-refractivity contribution >= 4 is 11.6 Å². The summed E-state index contributed by atoms with van der Waals surface area (Å²) in [5, 5.41) is 2.71. The number of benzene rings is 3. The average Bonchev–Trinajstić information content (AvgIpc) is 2.63. The third kappa shape index (κ3) is 3.91. The van der Waals surface area contributed by atoms with Crippen molar-refractivity contribution in [3.8, 4) is 11.1 Å². The van der Waals surface area contributed by atoms with E-state index < -0.39 is 5.92 Å². The molecule has 3 rings (SSSR count). The summed E-state index contributed by atoms with van der Waals surface area (Å²) in [6.07, 6.45) is 0. The second-order valence-corrected chi connectivity index (χ2v) is 5.82. The molecule has 4 heteroatoms. The van der Waals surface area contributed by atoms with Crippen LogP contribution in [0.2, 0.25) is 0 Å². The van der Waals surface area contributed by atoms with Gasteiger partial charge in [0.05, 0.1) is 5.92 Å². The normalized spacial score (nSPS) is 11.8. The van der Waals surface area contributed by atoms with Crippen LogP contribution in [0.15, 0.2) is 72.8 Å². The van der Waals surface area contributed by atoms with Crippen molar-refractivity contribution in [2.75, 3.05) is 5.32 Å². The Morgan fingerprint density at radius 3 is 2.24 bits per heavy atom. The van der Waals surface area contributed by atoms with Crippen molar-refractivity contribution in [1.29, 1.82) is 0 Å². The number of amides is 1. The number of halogens is 2. The molecule has 0 aliphatic carbocycles. The van der Waals surface area contributed by atoms with Crippen LogP contribution in [-0.4, -0.2) is 5.91 Å². The van der Waals surface area contributed by atoms with Crippen LogP contribution < -0.4 is 5.32 Å². The molecule has 126 valence electrons. The maximum atomic E-state index is 14.5. The zero-order chi connectivity index (χ0) is 17.8. The van der Waals surface area contributed by atoms with Gasteiger partial charge in [-0.05, 0) is 48.4 Å². The minimum atomic E-state index is -0.538. The lowest BCUT2D eigenvalue weighted by molar-refractivity contribution is -0.117. The van der Waals surface area contributed by atoms with Crippen molar-refractivity contribution in [2.24, 2.45) is 0 Å². The third-order valence-electron chi connectivity index (χ3n) is 4.08. The molecule has 0 bridgehead atoms. The van der Waals surface area contributed by atoms with Gasteiger partial charge in [0.2, 0.25) is 5.91 Å². The van der Waals surface area contributed by atoms with Gasteiger partial charge in [0.15, 0.2) is 0 Å². The molecule has 1 atom stereocenters. The van der Waals surface area contributed by atoms with E-state index in [2.05, 4.69) is 5.32 Å². The molecular weight excluding hydrogens is 320 g/mol. The largest absolute Gasteiger partial charge is 0.326 e. The van der Waals surface area contributed by atoms with E-state index in [0.29, 0.717) is 16.8 Å². The van der Waals surface area contributed by atoms with Crippen LogP contribution in [-0.2, 0) is 4.79 Å². The fourth-order valence-electron chi connectivity index (χ4n) is 2.59. The molecule has 0 saturated heterocycles. The smallest absolute Gasteiger partial charge is 0.231 e. The Hall–Kier alpha value is -3.01. The highest BCUT2D eigenvalue weighted by Gasteiger charge is 2.17.